The smallest absolute Gasteiger partial charge is 0.255 e. The summed E-state index contributed by atoms with van der Waals surface area (Å²) in [7, 11) is 0. The number of benzene rings is 2. The molecule has 2 aromatic rings. The minimum absolute atomic E-state index is 0.199. The Morgan fingerprint density at radius 3 is 2.41 bits per heavy atom. The average molecular weight is 372 g/mol. The van der Waals surface area contributed by atoms with Gasteiger partial charge in [0, 0.05) is 22.9 Å². The van der Waals surface area contributed by atoms with Crippen LogP contribution in [-0.4, -0.2) is 11.8 Å². The molecule has 27 heavy (non-hydrogen) atoms. The van der Waals surface area contributed by atoms with Gasteiger partial charge < -0.3 is 10.6 Å². The van der Waals surface area contributed by atoms with Crippen molar-refractivity contribution in [2.75, 3.05) is 5.32 Å². The van der Waals surface area contributed by atoms with E-state index in [9.17, 15) is 18.4 Å². The van der Waals surface area contributed by atoms with Gasteiger partial charge in [0.05, 0.1) is 0 Å². The molecule has 0 aliphatic rings. The van der Waals surface area contributed by atoms with E-state index < -0.39 is 0 Å². The van der Waals surface area contributed by atoms with Gasteiger partial charge in [-0.15, -0.1) is 0 Å². The molecule has 0 aromatic heterocycles. The van der Waals surface area contributed by atoms with E-state index in [2.05, 4.69) is 17.2 Å². The summed E-state index contributed by atoms with van der Waals surface area (Å²) in [5.74, 6) is -1.63. The maximum atomic E-state index is 13.3. The zero-order chi connectivity index (χ0) is 20.0. The van der Waals surface area contributed by atoms with Gasteiger partial charge in [-0.1, -0.05) is 13.5 Å². The van der Waals surface area contributed by atoms with Crippen LogP contribution in [0.3, 0.4) is 0 Å². The fraction of sp³-hybridized carbons (Fsp3) is 0.238. The van der Waals surface area contributed by atoms with Crippen LogP contribution in [0.2, 0.25) is 0 Å². The van der Waals surface area contributed by atoms with Crippen LogP contribution in [0.4, 0.5) is 14.5 Å². The summed E-state index contributed by atoms with van der Waals surface area (Å²) in [6, 6.07) is 9.65. The lowest BCUT2D eigenvalue weighted by molar-refractivity contribution is -0.119. The number of halogens is 2. The standard InChI is InChI=1S/C21H22F2N2O2/c1-13(20(26)25-18-9-7-17(22)8-10-18)4-5-15(3)24-21(27)16-6-11-19(23)14(2)12-16/h6-13H,3-5H2,1-2H3,(H,24,27)(H,25,26)/t13-/m1/s1. The van der Waals surface area contributed by atoms with Crippen molar-refractivity contribution in [1.82, 2.24) is 5.32 Å². The first kappa shape index (κ1) is 20.3. The fourth-order valence-electron chi connectivity index (χ4n) is 2.40. The predicted molar refractivity (Wildman–Crippen MR) is 101 cm³/mol. The van der Waals surface area contributed by atoms with Gasteiger partial charge in [-0.2, -0.15) is 0 Å². The Morgan fingerprint density at radius 1 is 1.11 bits per heavy atom. The summed E-state index contributed by atoms with van der Waals surface area (Å²) in [6.07, 6.45) is 0.901. The average Bonchev–Trinajstić information content (AvgIpc) is 2.63. The Balaban J connectivity index is 1.81. The van der Waals surface area contributed by atoms with Crippen molar-refractivity contribution in [3.63, 3.8) is 0 Å². The van der Waals surface area contributed by atoms with E-state index in [0.717, 1.165) is 0 Å². The van der Waals surface area contributed by atoms with Crippen molar-refractivity contribution < 1.29 is 18.4 Å². The maximum absolute atomic E-state index is 13.3. The molecule has 0 saturated heterocycles. The molecule has 0 spiro atoms. The number of allylic oxidation sites excluding steroid dienone is 1. The monoisotopic (exact) mass is 372 g/mol. The van der Waals surface area contributed by atoms with Crippen molar-refractivity contribution in [2.45, 2.75) is 26.7 Å². The quantitative estimate of drug-likeness (QED) is 0.748. The van der Waals surface area contributed by atoms with Crippen LogP contribution in [0.15, 0.2) is 54.7 Å². The number of hydrogen-bond acceptors (Lipinski definition) is 2. The fourth-order valence-corrected chi connectivity index (χ4v) is 2.40. The summed E-state index contributed by atoms with van der Waals surface area (Å²) >= 11 is 0. The van der Waals surface area contributed by atoms with Gasteiger partial charge in [0.15, 0.2) is 0 Å². The molecule has 4 nitrogen and oxygen atoms in total. The molecule has 0 fully saturated rings. The van der Waals surface area contributed by atoms with Gasteiger partial charge in [0.1, 0.15) is 11.6 Å². The van der Waals surface area contributed by atoms with Crippen molar-refractivity contribution in [2.24, 2.45) is 5.92 Å². The largest absolute Gasteiger partial charge is 0.326 e. The number of rotatable bonds is 7. The summed E-state index contributed by atoms with van der Waals surface area (Å²) in [4.78, 5) is 24.3. The number of amides is 2. The van der Waals surface area contributed by atoms with E-state index in [1.165, 1.54) is 42.5 Å². The summed E-state index contributed by atoms with van der Waals surface area (Å²) in [5.41, 5.74) is 1.73. The first-order valence-corrected chi connectivity index (χ1v) is 8.58. The van der Waals surface area contributed by atoms with Gasteiger partial charge in [-0.25, -0.2) is 8.78 Å². The minimum atomic E-state index is -0.371. The Morgan fingerprint density at radius 2 is 1.78 bits per heavy atom. The lowest BCUT2D eigenvalue weighted by Crippen LogP contribution is -2.24. The van der Waals surface area contributed by atoms with Crippen LogP contribution in [-0.2, 0) is 4.79 Å². The van der Waals surface area contributed by atoms with Crippen molar-refractivity contribution in [1.29, 1.82) is 0 Å². The molecule has 0 bridgehead atoms. The third kappa shape index (κ3) is 6.02. The number of carbonyl (C=O) groups is 2. The molecule has 0 unspecified atom stereocenters. The molecule has 0 aliphatic carbocycles. The number of carbonyl (C=O) groups excluding carboxylic acids is 2. The molecule has 0 saturated carbocycles. The van der Waals surface area contributed by atoms with E-state index in [0.29, 0.717) is 35.4 Å². The molecular formula is C21H22F2N2O2. The predicted octanol–water partition coefficient (Wildman–Crippen LogP) is 4.57. The third-order valence-electron chi connectivity index (χ3n) is 4.15. The molecule has 0 heterocycles. The molecular weight excluding hydrogens is 350 g/mol. The number of nitrogens with one attached hydrogen (secondary N) is 2. The van der Waals surface area contributed by atoms with Gasteiger partial charge in [0.2, 0.25) is 5.91 Å². The Kier molecular flexibility index (Phi) is 6.82. The highest BCUT2D eigenvalue weighted by Crippen LogP contribution is 2.15. The topological polar surface area (TPSA) is 58.2 Å². The van der Waals surface area contributed by atoms with Crippen molar-refractivity contribution in [3.8, 4) is 0 Å². The summed E-state index contributed by atoms with van der Waals surface area (Å²) in [6.45, 7) is 7.15. The summed E-state index contributed by atoms with van der Waals surface area (Å²) in [5, 5.41) is 5.38. The second-order valence-electron chi connectivity index (χ2n) is 6.46. The number of aryl methyl sites for hydroxylation is 1. The van der Waals surface area contributed by atoms with E-state index in [1.807, 2.05) is 0 Å². The maximum Gasteiger partial charge on any atom is 0.255 e. The highest BCUT2D eigenvalue weighted by molar-refractivity contribution is 5.95. The third-order valence-corrected chi connectivity index (χ3v) is 4.15. The van der Waals surface area contributed by atoms with Crippen LogP contribution in [0, 0.1) is 24.5 Å². The van der Waals surface area contributed by atoms with E-state index >= 15 is 0 Å². The first-order valence-electron chi connectivity index (χ1n) is 8.58. The van der Waals surface area contributed by atoms with Crippen LogP contribution < -0.4 is 10.6 Å². The Hall–Kier alpha value is -3.02. The molecule has 2 rings (SSSR count). The molecule has 0 radical (unpaired) electrons. The SMILES string of the molecule is C=C(CC[C@@H](C)C(=O)Nc1ccc(F)cc1)NC(=O)c1ccc(F)c(C)c1. The second kappa shape index (κ2) is 9.07. The van der Waals surface area contributed by atoms with Crippen LogP contribution in [0.5, 0.6) is 0 Å². The van der Waals surface area contributed by atoms with Crippen LogP contribution >= 0.6 is 0 Å². The van der Waals surface area contributed by atoms with Crippen molar-refractivity contribution >= 4 is 17.5 Å². The number of hydrogen-bond donors (Lipinski definition) is 2. The molecule has 6 heteroatoms. The number of anilines is 1. The van der Waals surface area contributed by atoms with Gasteiger partial charge in [-0.05, 0) is 67.8 Å². The van der Waals surface area contributed by atoms with Gasteiger partial charge in [-0.3, -0.25) is 9.59 Å². The Labute approximate surface area is 157 Å². The zero-order valence-corrected chi connectivity index (χ0v) is 15.3. The second-order valence-corrected chi connectivity index (χ2v) is 6.46. The first-order chi connectivity index (χ1) is 12.8. The molecule has 1 atom stereocenters. The highest BCUT2D eigenvalue weighted by Gasteiger charge is 2.15. The molecule has 2 N–H and O–H groups in total. The highest BCUT2D eigenvalue weighted by atomic mass is 19.1. The van der Waals surface area contributed by atoms with Gasteiger partial charge in [0.25, 0.3) is 5.91 Å². The molecule has 0 aliphatic heterocycles. The van der Waals surface area contributed by atoms with Gasteiger partial charge >= 0.3 is 0 Å². The normalized spacial score (nSPS) is 11.6. The van der Waals surface area contributed by atoms with E-state index in [4.69, 9.17) is 0 Å². The molecule has 2 aromatic carbocycles. The van der Waals surface area contributed by atoms with Crippen molar-refractivity contribution in [3.05, 3.63) is 77.5 Å². The van der Waals surface area contributed by atoms with Crippen LogP contribution in [0.1, 0.15) is 35.7 Å². The lowest BCUT2D eigenvalue weighted by Gasteiger charge is -2.14. The zero-order valence-electron chi connectivity index (χ0n) is 15.3. The summed E-state index contributed by atoms with van der Waals surface area (Å²) < 4.78 is 26.2. The van der Waals surface area contributed by atoms with Crippen LogP contribution in [0.25, 0.3) is 0 Å². The van der Waals surface area contributed by atoms with E-state index in [-0.39, 0.29) is 29.4 Å². The van der Waals surface area contributed by atoms with E-state index in [1.54, 1.807) is 13.8 Å². The molecule has 2 amide bonds. The lowest BCUT2D eigenvalue weighted by atomic mass is 10.0. The minimum Gasteiger partial charge on any atom is -0.326 e. The molecule has 142 valence electrons. The Bertz CT molecular complexity index is 848.